The van der Waals surface area contributed by atoms with Gasteiger partial charge in [-0.25, -0.2) is 0 Å². The summed E-state index contributed by atoms with van der Waals surface area (Å²) in [6.45, 7) is 2.14. The number of hydrogen-bond acceptors (Lipinski definition) is 1. The summed E-state index contributed by atoms with van der Waals surface area (Å²) >= 11 is 15.9. The number of alkyl halides is 1. The average molecular weight is 373 g/mol. The topological polar surface area (TPSA) is 3.24 Å². The van der Waals surface area contributed by atoms with Gasteiger partial charge in [-0.15, -0.1) is 0 Å². The number of anilines is 1. The first-order valence-electron chi connectivity index (χ1n) is 6.35. The maximum atomic E-state index is 6.38. The van der Waals surface area contributed by atoms with Crippen LogP contribution >= 0.6 is 39.1 Å². The molecule has 0 aliphatic rings. The smallest absolute Gasteiger partial charge is 0.0642 e. The quantitative estimate of drug-likeness (QED) is 0.587. The maximum Gasteiger partial charge on any atom is 0.0642 e. The van der Waals surface area contributed by atoms with Crippen LogP contribution in [0.1, 0.15) is 24.1 Å². The zero-order valence-electron chi connectivity index (χ0n) is 11.4. The van der Waals surface area contributed by atoms with Gasteiger partial charge in [0.1, 0.15) is 0 Å². The Morgan fingerprint density at radius 1 is 1.15 bits per heavy atom. The van der Waals surface area contributed by atoms with Crippen molar-refractivity contribution in [2.45, 2.75) is 18.3 Å². The molecule has 20 heavy (non-hydrogen) atoms. The van der Waals surface area contributed by atoms with E-state index in [2.05, 4.69) is 46.0 Å². The van der Waals surface area contributed by atoms with E-state index in [1.807, 2.05) is 31.3 Å². The van der Waals surface area contributed by atoms with E-state index in [1.165, 1.54) is 11.1 Å². The first-order valence-corrected chi connectivity index (χ1v) is 8.23. The molecule has 0 aliphatic carbocycles. The summed E-state index contributed by atoms with van der Waals surface area (Å²) in [6.07, 6.45) is 0. The van der Waals surface area contributed by atoms with Gasteiger partial charge in [0.15, 0.2) is 0 Å². The Bertz CT molecular complexity index is 601. The van der Waals surface area contributed by atoms with Gasteiger partial charge in [0.25, 0.3) is 0 Å². The minimum atomic E-state index is 0.195. The van der Waals surface area contributed by atoms with Gasteiger partial charge in [0.05, 0.1) is 16.8 Å². The van der Waals surface area contributed by atoms with Crippen molar-refractivity contribution in [1.29, 1.82) is 0 Å². The minimum Gasteiger partial charge on any atom is -0.367 e. The van der Waals surface area contributed by atoms with Crippen LogP contribution in [-0.2, 0) is 5.33 Å². The molecule has 0 saturated heterocycles. The largest absolute Gasteiger partial charge is 0.367 e. The Morgan fingerprint density at radius 3 is 2.50 bits per heavy atom. The van der Waals surface area contributed by atoms with Gasteiger partial charge in [-0.2, -0.15) is 0 Å². The van der Waals surface area contributed by atoms with Crippen molar-refractivity contribution in [2.75, 3.05) is 11.9 Å². The third kappa shape index (κ3) is 3.49. The summed E-state index contributed by atoms with van der Waals surface area (Å²) in [5.41, 5.74) is 3.35. The maximum absolute atomic E-state index is 6.38. The summed E-state index contributed by atoms with van der Waals surface area (Å²) in [7, 11) is 2.04. The Balaban J connectivity index is 2.28. The summed E-state index contributed by atoms with van der Waals surface area (Å²) < 4.78 is 0. The summed E-state index contributed by atoms with van der Waals surface area (Å²) in [4.78, 5) is 2.16. The van der Waals surface area contributed by atoms with Gasteiger partial charge in [0.2, 0.25) is 0 Å². The van der Waals surface area contributed by atoms with E-state index in [1.54, 1.807) is 0 Å². The molecule has 106 valence electrons. The third-order valence-corrected chi connectivity index (χ3v) is 4.64. The standard InChI is InChI=1S/C16H16BrCl2N/c1-11(13-4-3-5-14(18)9-13)20(2)16-7-6-12(10-17)8-15(16)19/h3-9,11H,10H2,1-2H3. The molecule has 0 amide bonds. The van der Waals surface area contributed by atoms with Crippen LogP contribution in [0.25, 0.3) is 0 Å². The lowest BCUT2D eigenvalue weighted by Gasteiger charge is -2.28. The second-order valence-electron chi connectivity index (χ2n) is 4.76. The summed E-state index contributed by atoms with van der Waals surface area (Å²) in [5.74, 6) is 0. The fourth-order valence-corrected chi connectivity index (χ4v) is 3.00. The molecule has 0 N–H and O–H groups in total. The van der Waals surface area contributed by atoms with Crippen LogP contribution in [0.5, 0.6) is 0 Å². The minimum absolute atomic E-state index is 0.195. The zero-order valence-corrected chi connectivity index (χ0v) is 14.5. The second-order valence-corrected chi connectivity index (χ2v) is 6.17. The molecular formula is C16H16BrCl2N. The van der Waals surface area contributed by atoms with Crippen molar-refractivity contribution >= 4 is 44.8 Å². The Morgan fingerprint density at radius 2 is 1.90 bits per heavy atom. The molecule has 2 aromatic carbocycles. The highest BCUT2D eigenvalue weighted by Crippen LogP contribution is 2.32. The molecule has 0 heterocycles. The fourth-order valence-electron chi connectivity index (χ4n) is 2.12. The highest BCUT2D eigenvalue weighted by molar-refractivity contribution is 9.08. The van der Waals surface area contributed by atoms with Gasteiger partial charge in [-0.1, -0.05) is 57.3 Å². The van der Waals surface area contributed by atoms with Crippen LogP contribution in [0.2, 0.25) is 10.0 Å². The van der Waals surface area contributed by atoms with Crippen molar-refractivity contribution < 1.29 is 0 Å². The van der Waals surface area contributed by atoms with Crippen LogP contribution in [0.15, 0.2) is 42.5 Å². The van der Waals surface area contributed by atoms with Crippen LogP contribution in [0, 0.1) is 0 Å². The molecule has 2 rings (SSSR count). The van der Waals surface area contributed by atoms with Gasteiger partial charge in [-0.05, 0) is 42.3 Å². The highest BCUT2D eigenvalue weighted by Gasteiger charge is 2.15. The van der Waals surface area contributed by atoms with E-state index in [0.717, 1.165) is 21.1 Å². The van der Waals surface area contributed by atoms with Gasteiger partial charge < -0.3 is 4.90 Å². The average Bonchev–Trinajstić information content (AvgIpc) is 2.45. The molecule has 2 aromatic rings. The van der Waals surface area contributed by atoms with E-state index < -0.39 is 0 Å². The monoisotopic (exact) mass is 371 g/mol. The second kappa shape index (κ2) is 6.84. The van der Waals surface area contributed by atoms with Gasteiger partial charge in [-0.3, -0.25) is 0 Å². The lowest BCUT2D eigenvalue weighted by Crippen LogP contribution is -2.21. The number of halogens is 3. The molecule has 0 spiro atoms. The normalized spacial score (nSPS) is 12.2. The number of nitrogens with zero attached hydrogens (tertiary/aromatic N) is 1. The number of rotatable bonds is 4. The number of hydrogen-bond donors (Lipinski definition) is 0. The van der Waals surface area contributed by atoms with E-state index in [4.69, 9.17) is 23.2 Å². The molecule has 1 atom stereocenters. The van der Waals surface area contributed by atoms with E-state index >= 15 is 0 Å². The lowest BCUT2D eigenvalue weighted by molar-refractivity contribution is 0.740. The first-order chi connectivity index (χ1) is 9.52. The molecule has 0 bridgehead atoms. The zero-order chi connectivity index (χ0) is 14.7. The predicted molar refractivity (Wildman–Crippen MR) is 92.4 cm³/mol. The van der Waals surface area contributed by atoms with E-state index in [0.29, 0.717) is 0 Å². The Kier molecular flexibility index (Phi) is 5.36. The van der Waals surface area contributed by atoms with E-state index in [-0.39, 0.29) is 6.04 Å². The van der Waals surface area contributed by atoms with Crippen molar-refractivity contribution in [3.8, 4) is 0 Å². The molecule has 1 unspecified atom stereocenters. The molecule has 0 aromatic heterocycles. The van der Waals surface area contributed by atoms with Crippen LogP contribution in [0.4, 0.5) is 5.69 Å². The van der Waals surface area contributed by atoms with E-state index in [9.17, 15) is 0 Å². The van der Waals surface area contributed by atoms with Crippen molar-refractivity contribution in [1.82, 2.24) is 0 Å². The third-order valence-electron chi connectivity index (χ3n) is 3.46. The summed E-state index contributed by atoms with van der Waals surface area (Å²) in [5, 5.41) is 2.32. The Hall–Kier alpha value is -0.700. The predicted octanol–water partition coefficient (Wildman–Crippen LogP) is 6.09. The van der Waals surface area contributed by atoms with Crippen molar-refractivity contribution in [2.24, 2.45) is 0 Å². The molecule has 0 aliphatic heterocycles. The first kappa shape index (κ1) is 15.7. The van der Waals surface area contributed by atoms with Crippen LogP contribution in [-0.4, -0.2) is 7.05 Å². The molecule has 4 heteroatoms. The van der Waals surface area contributed by atoms with Crippen molar-refractivity contribution in [3.05, 3.63) is 63.6 Å². The SMILES string of the molecule is CC(c1cccc(Cl)c1)N(C)c1ccc(CBr)cc1Cl. The summed E-state index contributed by atoms with van der Waals surface area (Å²) in [6, 6.07) is 14.2. The Labute approximate surface area is 138 Å². The fraction of sp³-hybridized carbons (Fsp3) is 0.250. The molecule has 0 fully saturated rings. The van der Waals surface area contributed by atoms with Crippen LogP contribution in [0.3, 0.4) is 0 Å². The molecule has 0 radical (unpaired) electrons. The van der Waals surface area contributed by atoms with Gasteiger partial charge >= 0.3 is 0 Å². The van der Waals surface area contributed by atoms with Crippen LogP contribution < -0.4 is 4.90 Å². The lowest BCUT2D eigenvalue weighted by atomic mass is 10.1. The molecular weight excluding hydrogens is 357 g/mol. The number of benzene rings is 2. The van der Waals surface area contributed by atoms with Crippen molar-refractivity contribution in [3.63, 3.8) is 0 Å². The molecule has 0 saturated carbocycles. The van der Waals surface area contributed by atoms with Gasteiger partial charge in [0, 0.05) is 17.4 Å². The molecule has 1 nitrogen and oxygen atoms in total. The highest BCUT2D eigenvalue weighted by atomic mass is 79.9.